The maximum absolute atomic E-state index is 13.3. The minimum Gasteiger partial charge on any atom is -0.379 e. The summed E-state index contributed by atoms with van der Waals surface area (Å²) in [4.78, 5) is 4.28. The van der Waals surface area contributed by atoms with Gasteiger partial charge in [0.05, 0.1) is 12.2 Å². The second-order valence-corrected chi connectivity index (χ2v) is 4.08. The second-order valence-electron chi connectivity index (χ2n) is 4.08. The summed E-state index contributed by atoms with van der Waals surface area (Å²) in [7, 11) is 0. The van der Waals surface area contributed by atoms with Crippen molar-refractivity contribution in [2.75, 3.05) is 5.32 Å². The molecule has 0 aliphatic heterocycles. The summed E-state index contributed by atoms with van der Waals surface area (Å²) in [5, 5.41) is 3.17. The molecule has 0 saturated heterocycles. The Morgan fingerprint density at radius 1 is 1.18 bits per heavy atom. The van der Waals surface area contributed by atoms with E-state index in [1.54, 1.807) is 19.2 Å². The highest BCUT2D eigenvalue weighted by atomic mass is 19.1. The van der Waals surface area contributed by atoms with Crippen molar-refractivity contribution in [1.29, 1.82) is 0 Å². The van der Waals surface area contributed by atoms with E-state index in [2.05, 4.69) is 10.3 Å². The fourth-order valence-electron chi connectivity index (χ4n) is 1.59. The number of aryl methyl sites for hydroxylation is 2. The molecule has 1 aromatic heterocycles. The van der Waals surface area contributed by atoms with Crippen LogP contribution in [-0.4, -0.2) is 4.98 Å². The molecule has 17 heavy (non-hydrogen) atoms. The van der Waals surface area contributed by atoms with Gasteiger partial charge in [0.15, 0.2) is 0 Å². The number of nitrogens with zero attached hydrogens (tertiary/aromatic N) is 1. The molecule has 0 amide bonds. The lowest BCUT2D eigenvalue weighted by molar-refractivity contribution is 0.619. The number of nitrogens with one attached hydrogen (secondary N) is 1. The van der Waals surface area contributed by atoms with Crippen molar-refractivity contribution < 1.29 is 4.39 Å². The third-order valence-corrected chi connectivity index (χ3v) is 2.75. The minimum atomic E-state index is -0.187. The number of aromatic nitrogens is 1. The van der Waals surface area contributed by atoms with Gasteiger partial charge < -0.3 is 5.32 Å². The standard InChI is InChI=1S/C14H15FN2/c1-10-5-6-12(8-13(10)15)17-9-14-11(2)4-3-7-16-14/h3-8,17H,9H2,1-2H3. The lowest BCUT2D eigenvalue weighted by atomic mass is 10.2. The van der Waals surface area contributed by atoms with Gasteiger partial charge in [-0.1, -0.05) is 12.1 Å². The van der Waals surface area contributed by atoms with Crippen LogP contribution in [0.1, 0.15) is 16.8 Å². The Labute approximate surface area is 101 Å². The van der Waals surface area contributed by atoms with Gasteiger partial charge in [-0.2, -0.15) is 0 Å². The van der Waals surface area contributed by atoms with Crippen LogP contribution < -0.4 is 5.32 Å². The van der Waals surface area contributed by atoms with E-state index in [-0.39, 0.29) is 5.82 Å². The van der Waals surface area contributed by atoms with Gasteiger partial charge in [-0.3, -0.25) is 4.98 Å². The Balaban J connectivity index is 2.08. The lowest BCUT2D eigenvalue weighted by Crippen LogP contribution is -2.03. The fraction of sp³-hybridized carbons (Fsp3) is 0.214. The van der Waals surface area contributed by atoms with E-state index in [4.69, 9.17) is 0 Å². The monoisotopic (exact) mass is 230 g/mol. The van der Waals surface area contributed by atoms with Gasteiger partial charge in [0, 0.05) is 11.9 Å². The first-order valence-electron chi connectivity index (χ1n) is 5.57. The summed E-state index contributed by atoms with van der Waals surface area (Å²) < 4.78 is 13.3. The molecule has 3 heteroatoms. The number of halogens is 1. The van der Waals surface area contributed by atoms with Crippen LogP contribution in [0, 0.1) is 19.7 Å². The van der Waals surface area contributed by atoms with Gasteiger partial charge in [-0.25, -0.2) is 4.39 Å². The lowest BCUT2D eigenvalue weighted by Gasteiger charge is -2.08. The molecule has 2 rings (SSSR count). The second kappa shape index (κ2) is 4.95. The first kappa shape index (κ1) is 11.6. The van der Waals surface area contributed by atoms with Gasteiger partial charge in [-0.15, -0.1) is 0 Å². The summed E-state index contributed by atoms with van der Waals surface area (Å²) in [5.74, 6) is -0.187. The van der Waals surface area contributed by atoms with Crippen LogP contribution in [0.25, 0.3) is 0 Å². The molecule has 0 unspecified atom stereocenters. The van der Waals surface area contributed by atoms with Gasteiger partial charge in [0.2, 0.25) is 0 Å². The van der Waals surface area contributed by atoms with Crippen molar-refractivity contribution in [1.82, 2.24) is 4.98 Å². The molecule has 0 spiro atoms. The van der Waals surface area contributed by atoms with Crippen LogP contribution in [0.3, 0.4) is 0 Å². The quantitative estimate of drug-likeness (QED) is 0.873. The first-order chi connectivity index (χ1) is 8.16. The number of pyridine rings is 1. The Hall–Kier alpha value is -1.90. The van der Waals surface area contributed by atoms with Crippen molar-refractivity contribution in [2.24, 2.45) is 0 Å². The molecule has 88 valence electrons. The Morgan fingerprint density at radius 3 is 2.71 bits per heavy atom. The summed E-state index contributed by atoms with van der Waals surface area (Å²) in [6.07, 6.45) is 1.76. The van der Waals surface area contributed by atoms with E-state index in [0.29, 0.717) is 12.1 Å². The van der Waals surface area contributed by atoms with Crippen molar-refractivity contribution in [3.05, 3.63) is 59.2 Å². The van der Waals surface area contributed by atoms with E-state index >= 15 is 0 Å². The largest absolute Gasteiger partial charge is 0.379 e. The van der Waals surface area contributed by atoms with E-state index in [0.717, 1.165) is 16.9 Å². The molecule has 0 fully saturated rings. The maximum Gasteiger partial charge on any atom is 0.128 e. The van der Waals surface area contributed by atoms with Gasteiger partial charge >= 0.3 is 0 Å². The summed E-state index contributed by atoms with van der Waals surface area (Å²) in [6, 6.07) is 9.07. The van der Waals surface area contributed by atoms with Crippen LogP contribution in [0.4, 0.5) is 10.1 Å². The van der Waals surface area contributed by atoms with E-state index in [1.165, 1.54) is 6.07 Å². The summed E-state index contributed by atoms with van der Waals surface area (Å²) >= 11 is 0. The predicted molar refractivity (Wildman–Crippen MR) is 67.4 cm³/mol. The topological polar surface area (TPSA) is 24.9 Å². The van der Waals surface area contributed by atoms with E-state index < -0.39 is 0 Å². The smallest absolute Gasteiger partial charge is 0.128 e. The molecule has 1 N–H and O–H groups in total. The highest BCUT2D eigenvalue weighted by molar-refractivity contribution is 5.45. The van der Waals surface area contributed by atoms with E-state index in [9.17, 15) is 4.39 Å². The molecular weight excluding hydrogens is 215 g/mol. The van der Waals surface area contributed by atoms with E-state index in [1.807, 2.05) is 25.1 Å². The normalized spacial score (nSPS) is 10.3. The number of anilines is 1. The molecule has 0 bridgehead atoms. The molecule has 0 saturated carbocycles. The molecule has 0 aliphatic carbocycles. The number of hydrogen-bond donors (Lipinski definition) is 1. The average molecular weight is 230 g/mol. The molecule has 1 aromatic carbocycles. The Kier molecular flexibility index (Phi) is 3.38. The van der Waals surface area contributed by atoms with Crippen LogP contribution in [0.15, 0.2) is 36.5 Å². The van der Waals surface area contributed by atoms with Crippen molar-refractivity contribution in [3.63, 3.8) is 0 Å². The molecule has 1 heterocycles. The number of hydrogen-bond acceptors (Lipinski definition) is 2. The molecule has 0 radical (unpaired) electrons. The maximum atomic E-state index is 13.3. The van der Waals surface area contributed by atoms with Gasteiger partial charge in [-0.05, 0) is 43.2 Å². The average Bonchev–Trinajstić information content (AvgIpc) is 2.32. The molecule has 2 nitrogen and oxygen atoms in total. The van der Waals surface area contributed by atoms with Crippen molar-refractivity contribution in [2.45, 2.75) is 20.4 Å². The highest BCUT2D eigenvalue weighted by Gasteiger charge is 2.01. The van der Waals surface area contributed by atoms with Crippen molar-refractivity contribution in [3.8, 4) is 0 Å². The minimum absolute atomic E-state index is 0.187. The number of rotatable bonds is 3. The van der Waals surface area contributed by atoms with Gasteiger partial charge in [0.1, 0.15) is 5.82 Å². The highest BCUT2D eigenvalue weighted by Crippen LogP contribution is 2.14. The molecular formula is C14H15FN2. The number of benzene rings is 1. The first-order valence-corrected chi connectivity index (χ1v) is 5.57. The Bertz CT molecular complexity index is 523. The zero-order valence-corrected chi connectivity index (χ0v) is 10.00. The molecule has 0 atom stereocenters. The SMILES string of the molecule is Cc1ccc(NCc2ncccc2C)cc1F. The zero-order chi connectivity index (χ0) is 12.3. The Morgan fingerprint density at radius 2 is 2.00 bits per heavy atom. The third kappa shape index (κ3) is 2.81. The third-order valence-electron chi connectivity index (χ3n) is 2.75. The summed E-state index contributed by atoms with van der Waals surface area (Å²) in [6.45, 7) is 4.37. The van der Waals surface area contributed by atoms with Crippen LogP contribution >= 0.6 is 0 Å². The zero-order valence-electron chi connectivity index (χ0n) is 10.00. The van der Waals surface area contributed by atoms with Gasteiger partial charge in [0.25, 0.3) is 0 Å². The summed E-state index contributed by atoms with van der Waals surface area (Å²) in [5.41, 5.74) is 3.55. The fourth-order valence-corrected chi connectivity index (χ4v) is 1.59. The van der Waals surface area contributed by atoms with Crippen molar-refractivity contribution >= 4 is 5.69 Å². The van der Waals surface area contributed by atoms with Crippen LogP contribution in [0.5, 0.6) is 0 Å². The predicted octanol–water partition coefficient (Wildman–Crippen LogP) is 3.45. The van der Waals surface area contributed by atoms with Crippen LogP contribution in [-0.2, 0) is 6.54 Å². The van der Waals surface area contributed by atoms with Crippen LogP contribution in [0.2, 0.25) is 0 Å². The molecule has 2 aromatic rings. The molecule has 0 aliphatic rings.